The monoisotopic (exact) mass is 740 g/mol. The second-order valence-corrected chi connectivity index (χ2v) is 28.1. The quantitative estimate of drug-likeness (QED) is 0.156. The van der Waals surface area contributed by atoms with Crippen LogP contribution in [0.1, 0.15) is 105 Å². The van der Waals surface area contributed by atoms with E-state index in [-0.39, 0.29) is 64.2 Å². The standard InChI is InChI=1S/C42H68O7Si2/c1-15-35(46-36-18-16-17-27(2)29(36)4)40(44)47-37-25-32(48-50(11,12)41(5,6)7)23-30-20-19-28(3)34(39(30)37)22-21-31-24-33(26-38(43)45-31)49-51(13,14)42(8,9)10/h16-20,23,28,31-35,37,39H,15,21-22,24-26H2,1-14H3/t28-,31+,32+,33+,34-,35?,37-,39-/m0/s1. The summed E-state index contributed by atoms with van der Waals surface area (Å²) in [7, 11) is -4.15. The van der Waals surface area contributed by atoms with Gasteiger partial charge in [-0.25, -0.2) is 4.79 Å². The lowest BCUT2D eigenvalue weighted by atomic mass is 9.66. The number of cyclic esters (lactones) is 1. The normalized spacial score (nSPS) is 28.0. The minimum Gasteiger partial charge on any atom is -0.478 e. The lowest BCUT2D eigenvalue weighted by Gasteiger charge is -2.46. The van der Waals surface area contributed by atoms with Gasteiger partial charge in [-0.1, -0.05) is 85.8 Å². The van der Waals surface area contributed by atoms with Crippen molar-refractivity contribution in [3.63, 3.8) is 0 Å². The predicted octanol–water partition coefficient (Wildman–Crippen LogP) is 10.4. The highest BCUT2D eigenvalue weighted by atomic mass is 28.4. The molecule has 51 heavy (non-hydrogen) atoms. The molecule has 3 aliphatic rings. The number of benzene rings is 1. The lowest BCUT2D eigenvalue weighted by molar-refractivity contribution is -0.164. The Kier molecular flexibility index (Phi) is 13.1. The molecule has 1 fully saturated rings. The van der Waals surface area contributed by atoms with Crippen molar-refractivity contribution in [2.45, 2.75) is 175 Å². The van der Waals surface area contributed by atoms with E-state index in [9.17, 15) is 9.59 Å². The van der Waals surface area contributed by atoms with E-state index in [4.69, 9.17) is 23.1 Å². The molecule has 0 bridgehead atoms. The number of aryl methyl sites for hydroxylation is 1. The van der Waals surface area contributed by atoms with Crippen LogP contribution in [0.2, 0.25) is 36.3 Å². The molecule has 9 heteroatoms. The van der Waals surface area contributed by atoms with E-state index < -0.39 is 22.7 Å². The van der Waals surface area contributed by atoms with Gasteiger partial charge >= 0.3 is 11.9 Å². The topological polar surface area (TPSA) is 80.3 Å². The van der Waals surface area contributed by atoms with E-state index in [2.05, 4.69) is 92.9 Å². The van der Waals surface area contributed by atoms with E-state index >= 15 is 0 Å². The van der Waals surface area contributed by atoms with Gasteiger partial charge in [-0.3, -0.25) is 4.79 Å². The zero-order chi connectivity index (χ0) is 38.1. The molecule has 0 aromatic heterocycles. The first-order valence-corrected chi connectivity index (χ1v) is 25.2. The third kappa shape index (κ3) is 10.1. The van der Waals surface area contributed by atoms with E-state index in [1.807, 2.05) is 39.0 Å². The first kappa shape index (κ1) is 41.5. The molecule has 1 aromatic carbocycles. The second-order valence-electron chi connectivity index (χ2n) is 18.5. The minimum absolute atomic E-state index is 0.00463. The highest BCUT2D eigenvalue weighted by molar-refractivity contribution is 6.74. The number of carbonyl (C=O) groups excluding carboxylic acids is 2. The predicted molar refractivity (Wildman–Crippen MR) is 211 cm³/mol. The molecular formula is C42H68O7Si2. The smallest absolute Gasteiger partial charge is 0.347 e. The highest BCUT2D eigenvalue weighted by Crippen LogP contribution is 2.47. The molecule has 8 atom stereocenters. The van der Waals surface area contributed by atoms with Gasteiger partial charge < -0.3 is 23.1 Å². The van der Waals surface area contributed by atoms with Gasteiger partial charge in [-0.2, -0.15) is 0 Å². The summed E-state index contributed by atoms with van der Waals surface area (Å²) < 4.78 is 32.5. The van der Waals surface area contributed by atoms with Crippen LogP contribution < -0.4 is 4.74 Å². The highest BCUT2D eigenvalue weighted by Gasteiger charge is 2.47. The number of allylic oxidation sites excluding steroid dienone is 2. The van der Waals surface area contributed by atoms with Crippen molar-refractivity contribution in [1.82, 2.24) is 0 Å². The summed E-state index contributed by atoms with van der Waals surface area (Å²) in [5.74, 6) is 0.684. The average molecular weight is 741 g/mol. The molecule has 7 nitrogen and oxygen atoms in total. The van der Waals surface area contributed by atoms with Gasteiger partial charge in [0.15, 0.2) is 22.7 Å². The fraction of sp³-hybridized carbons (Fsp3) is 0.714. The molecule has 2 aliphatic carbocycles. The molecule has 1 unspecified atom stereocenters. The Morgan fingerprint density at radius 1 is 0.961 bits per heavy atom. The van der Waals surface area contributed by atoms with Crippen LogP contribution in [-0.2, 0) is 27.9 Å². The third-order valence-electron chi connectivity index (χ3n) is 12.6. The molecule has 1 aliphatic heterocycles. The van der Waals surface area contributed by atoms with Crippen molar-refractivity contribution in [3.05, 3.63) is 53.1 Å². The summed E-state index contributed by atoms with van der Waals surface area (Å²) in [6.07, 6.45) is 8.98. The van der Waals surface area contributed by atoms with Crippen LogP contribution in [0.25, 0.3) is 0 Å². The zero-order valence-electron chi connectivity index (χ0n) is 34.2. The first-order valence-electron chi connectivity index (χ1n) is 19.4. The van der Waals surface area contributed by atoms with Gasteiger partial charge in [0, 0.05) is 18.8 Å². The second kappa shape index (κ2) is 16.0. The van der Waals surface area contributed by atoms with Crippen LogP contribution in [0.15, 0.2) is 42.0 Å². The van der Waals surface area contributed by atoms with Gasteiger partial charge in [0.1, 0.15) is 18.0 Å². The van der Waals surface area contributed by atoms with Crippen molar-refractivity contribution in [2.75, 3.05) is 0 Å². The molecule has 286 valence electrons. The Hall–Kier alpha value is -2.21. The summed E-state index contributed by atoms with van der Waals surface area (Å²) in [5.41, 5.74) is 3.33. The summed E-state index contributed by atoms with van der Waals surface area (Å²) in [4.78, 5) is 26.9. The third-order valence-corrected chi connectivity index (χ3v) is 21.7. The van der Waals surface area contributed by atoms with Gasteiger partial charge in [0.2, 0.25) is 0 Å². The number of hydrogen-bond acceptors (Lipinski definition) is 7. The van der Waals surface area contributed by atoms with Crippen LogP contribution in [0.4, 0.5) is 0 Å². The van der Waals surface area contributed by atoms with Crippen LogP contribution in [0, 0.1) is 31.6 Å². The average Bonchev–Trinajstić information content (AvgIpc) is 2.99. The largest absolute Gasteiger partial charge is 0.478 e. The van der Waals surface area contributed by atoms with Gasteiger partial charge in [-0.05, 0) is 104 Å². The molecule has 0 spiro atoms. The molecule has 1 saturated heterocycles. The Morgan fingerprint density at radius 2 is 1.61 bits per heavy atom. The molecule has 4 rings (SSSR count). The molecule has 0 radical (unpaired) electrons. The Morgan fingerprint density at radius 3 is 2.24 bits per heavy atom. The van der Waals surface area contributed by atoms with Crippen molar-refractivity contribution < 1.29 is 32.7 Å². The van der Waals surface area contributed by atoms with Gasteiger partial charge in [-0.15, -0.1) is 0 Å². The molecule has 1 aromatic rings. The molecule has 0 amide bonds. The maximum Gasteiger partial charge on any atom is 0.347 e. The van der Waals surface area contributed by atoms with Crippen LogP contribution in [-0.4, -0.2) is 59.1 Å². The van der Waals surface area contributed by atoms with Crippen LogP contribution >= 0.6 is 0 Å². The maximum absolute atomic E-state index is 14.0. The van der Waals surface area contributed by atoms with E-state index in [0.717, 1.165) is 30.4 Å². The number of esters is 2. The number of fused-ring (bicyclic) bond motifs is 1. The summed E-state index contributed by atoms with van der Waals surface area (Å²) in [6.45, 7) is 30.8. The SMILES string of the molecule is CCC(Oc1cccc(C)c1C)C(=O)O[C@H]1C[C@H](O[Si](C)(C)C(C)(C)C)C=C2C=C[C@H](C)[C@H](CC[C@@H]3C[C@@H](O[Si](C)(C)C(C)(C)C)CC(=O)O3)[C@H]21. The molecule has 1 heterocycles. The van der Waals surface area contributed by atoms with Crippen molar-refractivity contribution in [2.24, 2.45) is 17.8 Å². The Bertz CT molecular complexity index is 1450. The molecule has 0 N–H and O–H groups in total. The lowest BCUT2D eigenvalue weighted by Crippen LogP contribution is -2.49. The summed E-state index contributed by atoms with van der Waals surface area (Å²) in [6, 6.07) is 5.93. The Balaban J connectivity index is 1.58. The van der Waals surface area contributed by atoms with Crippen molar-refractivity contribution in [3.8, 4) is 5.75 Å². The maximum atomic E-state index is 14.0. The Labute approximate surface area is 311 Å². The number of hydrogen-bond donors (Lipinski definition) is 0. The van der Waals surface area contributed by atoms with Crippen molar-refractivity contribution >= 4 is 28.6 Å². The van der Waals surface area contributed by atoms with Crippen LogP contribution in [0.5, 0.6) is 5.75 Å². The number of ether oxygens (including phenoxy) is 3. The number of rotatable bonds is 12. The van der Waals surface area contributed by atoms with Gasteiger partial charge in [0.05, 0.1) is 18.6 Å². The first-order chi connectivity index (χ1) is 23.5. The van der Waals surface area contributed by atoms with Crippen molar-refractivity contribution in [1.29, 1.82) is 0 Å². The van der Waals surface area contributed by atoms with E-state index in [1.54, 1.807) is 0 Å². The molecular weight excluding hydrogens is 673 g/mol. The van der Waals surface area contributed by atoms with Gasteiger partial charge in [0.25, 0.3) is 0 Å². The fourth-order valence-electron chi connectivity index (χ4n) is 7.22. The minimum atomic E-state index is -2.11. The van der Waals surface area contributed by atoms with E-state index in [0.29, 0.717) is 25.0 Å². The molecule has 0 saturated carbocycles. The zero-order valence-corrected chi connectivity index (χ0v) is 36.2. The number of carbonyl (C=O) groups is 2. The van der Waals surface area contributed by atoms with Crippen LogP contribution in [0.3, 0.4) is 0 Å². The summed E-state index contributed by atoms with van der Waals surface area (Å²) >= 11 is 0. The summed E-state index contributed by atoms with van der Waals surface area (Å²) in [5, 5.41) is 0.112. The fourth-order valence-corrected chi connectivity index (χ4v) is 9.86. The van der Waals surface area contributed by atoms with E-state index in [1.165, 1.54) is 5.57 Å².